The van der Waals surface area contributed by atoms with Gasteiger partial charge in [0.25, 0.3) is 0 Å². The minimum Gasteiger partial charge on any atom is -0.330 e. The average molecular weight is 141 g/mol. The molecule has 0 saturated carbocycles. The van der Waals surface area contributed by atoms with Gasteiger partial charge in [-0.2, -0.15) is 0 Å². The van der Waals surface area contributed by atoms with E-state index in [1.807, 2.05) is 0 Å². The first-order chi connectivity index (χ1) is 4.93. The monoisotopic (exact) mass is 141 g/mol. The van der Waals surface area contributed by atoms with E-state index >= 15 is 0 Å². The molecule has 1 heterocycles. The summed E-state index contributed by atoms with van der Waals surface area (Å²) in [6, 6.07) is 0. The first kappa shape index (κ1) is 8.02. The summed E-state index contributed by atoms with van der Waals surface area (Å²) in [5.74, 6) is 0.932. The molecule has 0 amide bonds. The van der Waals surface area contributed by atoms with Crippen molar-refractivity contribution in [3.8, 4) is 0 Å². The summed E-state index contributed by atoms with van der Waals surface area (Å²) in [5.41, 5.74) is 5.42. The second kappa shape index (κ2) is 4.69. The molecule has 2 N–H and O–H groups in total. The Morgan fingerprint density at radius 2 is 2.00 bits per heavy atom. The zero-order valence-electron chi connectivity index (χ0n) is 6.55. The summed E-state index contributed by atoms with van der Waals surface area (Å²) in [6.07, 6.45) is 5.14. The summed E-state index contributed by atoms with van der Waals surface area (Å²) in [7, 11) is 0. The van der Waals surface area contributed by atoms with Gasteiger partial charge in [-0.05, 0) is 38.1 Å². The van der Waals surface area contributed by atoms with E-state index in [0.717, 1.165) is 25.6 Å². The van der Waals surface area contributed by atoms with Crippen LogP contribution in [0.2, 0.25) is 0 Å². The van der Waals surface area contributed by atoms with Crippen molar-refractivity contribution < 1.29 is 0 Å². The van der Waals surface area contributed by atoms with E-state index in [1.165, 1.54) is 25.7 Å². The maximum atomic E-state index is 5.42. The van der Waals surface area contributed by atoms with Crippen LogP contribution in [-0.2, 0) is 0 Å². The highest BCUT2D eigenvalue weighted by atomic mass is 14.9. The van der Waals surface area contributed by atoms with Crippen molar-refractivity contribution in [1.29, 1.82) is 0 Å². The molecule has 1 fully saturated rings. The predicted octanol–water partition coefficient (Wildman–Crippen LogP) is 0.740. The van der Waals surface area contributed by atoms with Gasteiger partial charge in [0, 0.05) is 13.1 Å². The van der Waals surface area contributed by atoms with Gasteiger partial charge >= 0.3 is 0 Å². The Hall–Kier alpha value is -0.0800. The SMILES string of the molecule is NCCCC1CC[N]CC1. The average Bonchev–Trinajstić information content (AvgIpc) is 2.03. The zero-order chi connectivity index (χ0) is 7.23. The Balaban J connectivity index is 2.02. The van der Waals surface area contributed by atoms with Gasteiger partial charge in [-0.25, -0.2) is 5.32 Å². The lowest BCUT2D eigenvalue weighted by atomic mass is 9.93. The van der Waals surface area contributed by atoms with Crippen LogP contribution in [0.5, 0.6) is 0 Å². The van der Waals surface area contributed by atoms with Crippen molar-refractivity contribution in [2.45, 2.75) is 25.7 Å². The molecule has 2 heteroatoms. The molecule has 1 radical (unpaired) electrons. The van der Waals surface area contributed by atoms with E-state index in [4.69, 9.17) is 5.73 Å². The van der Waals surface area contributed by atoms with Crippen LogP contribution in [0.25, 0.3) is 0 Å². The Morgan fingerprint density at radius 1 is 1.30 bits per heavy atom. The number of piperidine rings is 1. The van der Waals surface area contributed by atoms with Crippen LogP contribution in [0, 0.1) is 5.92 Å². The number of hydrogen-bond acceptors (Lipinski definition) is 1. The lowest BCUT2D eigenvalue weighted by molar-refractivity contribution is 0.345. The topological polar surface area (TPSA) is 40.1 Å². The number of rotatable bonds is 3. The highest BCUT2D eigenvalue weighted by Crippen LogP contribution is 2.17. The van der Waals surface area contributed by atoms with E-state index in [-0.39, 0.29) is 0 Å². The van der Waals surface area contributed by atoms with Crippen LogP contribution in [-0.4, -0.2) is 19.6 Å². The molecule has 10 heavy (non-hydrogen) atoms. The number of nitrogens with two attached hydrogens (primary N) is 1. The Kier molecular flexibility index (Phi) is 3.76. The van der Waals surface area contributed by atoms with E-state index in [1.54, 1.807) is 0 Å². The van der Waals surface area contributed by atoms with E-state index < -0.39 is 0 Å². The van der Waals surface area contributed by atoms with Gasteiger partial charge in [-0.1, -0.05) is 0 Å². The molecule has 0 spiro atoms. The highest BCUT2D eigenvalue weighted by Gasteiger charge is 2.11. The molecule has 2 nitrogen and oxygen atoms in total. The maximum absolute atomic E-state index is 5.42. The summed E-state index contributed by atoms with van der Waals surface area (Å²) >= 11 is 0. The Labute approximate surface area is 63.2 Å². The minimum absolute atomic E-state index is 0.855. The fourth-order valence-corrected chi connectivity index (χ4v) is 1.50. The molecule has 0 aliphatic carbocycles. The van der Waals surface area contributed by atoms with E-state index in [2.05, 4.69) is 5.32 Å². The molecular weight excluding hydrogens is 124 g/mol. The smallest absolute Gasteiger partial charge is 0.0136 e. The van der Waals surface area contributed by atoms with Gasteiger partial charge in [0.1, 0.15) is 0 Å². The normalized spacial score (nSPS) is 21.3. The molecule has 1 aliphatic heterocycles. The van der Waals surface area contributed by atoms with Crippen molar-refractivity contribution in [3.05, 3.63) is 0 Å². The lowest BCUT2D eigenvalue weighted by Gasteiger charge is -2.20. The third kappa shape index (κ3) is 2.67. The van der Waals surface area contributed by atoms with Crippen LogP contribution in [0.15, 0.2) is 0 Å². The molecule has 59 valence electrons. The van der Waals surface area contributed by atoms with Gasteiger partial charge in [0.2, 0.25) is 0 Å². The van der Waals surface area contributed by atoms with Crippen molar-refractivity contribution in [3.63, 3.8) is 0 Å². The summed E-state index contributed by atoms with van der Waals surface area (Å²) in [6.45, 7) is 3.04. The van der Waals surface area contributed by atoms with Gasteiger partial charge in [0.05, 0.1) is 0 Å². The lowest BCUT2D eigenvalue weighted by Crippen LogP contribution is -2.22. The fourth-order valence-electron chi connectivity index (χ4n) is 1.50. The molecule has 1 aliphatic rings. The molecule has 0 aromatic carbocycles. The first-order valence-corrected chi connectivity index (χ1v) is 4.27. The summed E-state index contributed by atoms with van der Waals surface area (Å²) in [4.78, 5) is 0. The summed E-state index contributed by atoms with van der Waals surface area (Å²) < 4.78 is 0. The predicted molar refractivity (Wildman–Crippen MR) is 42.9 cm³/mol. The van der Waals surface area contributed by atoms with Crippen LogP contribution in [0.3, 0.4) is 0 Å². The molecule has 0 aromatic heterocycles. The van der Waals surface area contributed by atoms with Crippen molar-refractivity contribution >= 4 is 0 Å². The number of hydrogen-bond donors (Lipinski definition) is 1. The van der Waals surface area contributed by atoms with E-state index in [0.29, 0.717) is 0 Å². The second-order valence-electron chi connectivity index (χ2n) is 3.05. The molecule has 0 aromatic rings. The third-order valence-corrected chi connectivity index (χ3v) is 2.21. The third-order valence-electron chi connectivity index (χ3n) is 2.21. The van der Waals surface area contributed by atoms with Gasteiger partial charge < -0.3 is 5.73 Å². The molecule has 1 rings (SSSR count). The molecule has 0 unspecified atom stereocenters. The summed E-state index contributed by atoms with van der Waals surface area (Å²) in [5, 5.41) is 4.30. The van der Waals surface area contributed by atoms with Crippen LogP contribution in [0.4, 0.5) is 0 Å². The van der Waals surface area contributed by atoms with Crippen molar-refractivity contribution in [2.24, 2.45) is 11.7 Å². The van der Waals surface area contributed by atoms with Crippen molar-refractivity contribution in [1.82, 2.24) is 5.32 Å². The van der Waals surface area contributed by atoms with Crippen molar-refractivity contribution in [2.75, 3.05) is 19.6 Å². The van der Waals surface area contributed by atoms with E-state index in [9.17, 15) is 0 Å². The zero-order valence-corrected chi connectivity index (χ0v) is 6.55. The molecule has 0 bridgehead atoms. The highest BCUT2D eigenvalue weighted by molar-refractivity contribution is 4.67. The van der Waals surface area contributed by atoms with Crippen LogP contribution >= 0.6 is 0 Å². The fraction of sp³-hybridized carbons (Fsp3) is 1.00. The van der Waals surface area contributed by atoms with Crippen LogP contribution in [0.1, 0.15) is 25.7 Å². The quantitative estimate of drug-likeness (QED) is 0.618. The van der Waals surface area contributed by atoms with Gasteiger partial charge in [0.15, 0.2) is 0 Å². The largest absolute Gasteiger partial charge is 0.330 e. The Morgan fingerprint density at radius 3 is 2.60 bits per heavy atom. The maximum Gasteiger partial charge on any atom is 0.0136 e. The number of nitrogens with zero attached hydrogens (tertiary/aromatic N) is 1. The molecule has 0 atom stereocenters. The second-order valence-corrected chi connectivity index (χ2v) is 3.05. The first-order valence-electron chi connectivity index (χ1n) is 4.27. The molecular formula is C8H17N2. The Bertz CT molecular complexity index is 77.3. The van der Waals surface area contributed by atoms with Gasteiger partial charge in [-0.15, -0.1) is 0 Å². The minimum atomic E-state index is 0.855. The van der Waals surface area contributed by atoms with Crippen LogP contribution < -0.4 is 11.1 Å². The standard InChI is InChI=1S/C8H17N2/c9-5-1-2-8-3-6-10-7-4-8/h8H,1-7,9H2. The van der Waals surface area contributed by atoms with Gasteiger partial charge in [-0.3, -0.25) is 0 Å². The molecule has 1 saturated heterocycles.